The maximum atomic E-state index is 6.07. The number of benzene rings is 1. The molecule has 0 aromatic heterocycles. The van der Waals surface area contributed by atoms with E-state index in [1.54, 1.807) is 0 Å². The van der Waals surface area contributed by atoms with E-state index in [1.165, 1.54) is 38.4 Å². The zero-order valence-corrected chi connectivity index (χ0v) is 17.5. The van der Waals surface area contributed by atoms with E-state index in [0.717, 1.165) is 24.5 Å². The highest BCUT2D eigenvalue weighted by Gasteiger charge is 2.11. The van der Waals surface area contributed by atoms with Crippen LogP contribution in [0.1, 0.15) is 45.1 Å². The first-order valence-corrected chi connectivity index (χ1v) is 10.1. The molecule has 0 aliphatic rings. The zero-order chi connectivity index (χ0) is 15.0. The van der Waals surface area contributed by atoms with Crippen LogP contribution in [-0.2, 0) is 6.42 Å². The van der Waals surface area contributed by atoms with Crippen LogP contribution in [0.4, 0.5) is 0 Å². The Morgan fingerprint density at radius 2 is 1.95 bits per heavy atom. The van der Waals surface area contributed by atoms with Crippen molar-refractivity contribution in [3.63, 3.8) is 0 Å². The molecule has 0 heterocycles. The molecule has 0 aliphatic carbocycles. The molecular weight excluding hydrogens is 494 g/mol. The largest absolute Gasteiger partial charge is 0.492 e. The summed E-state index contributed by atoms with van der Waals surface area (Å²) in [6, 6.07) is 4.41. The van der Waals surface area contributed by atoms with E-state index in [9.17, 15) is 0 Å². The maximum Gasteiger partial charge on any atom is 0.133 e. The van der Waals surface area contributed by atoms with Crippen molar-refractivity contribution in [1.29, 1.82) is 0 Å². The van der Waals surface area contributed by atoms with Crippen molar-refractivity contribution >= 4 is 57.8 Å². The van der Waals surface area contributed by atoms with Crippen LogP contribution >= 0.6 is 57.8 Å². The van der Waals surface area contributed by atoms with Gasteiger partial charge in [0, 0.05) is 3.57 Å². The van der Waals surface area contributed by atoms with Gasteiger partial charge in [-0.15, -0.1) is 0 Å². The van der Waals surface area contributed by atoms with Crippen LogP contribution in [0.2, 0.25) is 0 Å². The third-order valence-corrected chi connectivity index (χ3v) is 5.57. The number of aryl methyl sites for hydroxylation is 1. The Morgan fingerprint density at radius 1 is 1.20 bits per heavy atom. The average Bonchev–Trinajstić information content (AvgIpc) is 2.44. The molecule has 1 rings (SSSR count). The minimum absolute atomic E-state index is 0.681. The summed E-state index contributed by atoms with van der Waals surface area (Å²) in [6.07, 6.45) is 6.07. The van der Waals surface area contributed by atoms with Gasteiger partial charge in [-0.2, -0.15) is 12.6 Å². The molecule has 0 N–H and O–H groups in total. The van der Waals surface area contributed by atoms with Gasteiger partial charge in [-0.1, -0.05) is 33.1 Å². The summed E-state index contributed by atoms with van der Waals surface area (Å²) in [7, 11) is 0. The molecule has 0 radical (unpaired) electrons. The summed E-state index contributed by atoms with van der Waals surface area (Å²) in [6.45, 7) is 5.35. The van der Waals surface area contributed by atoms with Gasteiger partial charge in [-0.05, 0) is 87.4 Å². The normalized spacial score (nSPS) is 12.4. The van der Waals surface area contributed by atoms with Gasteiger partial charge in [-0.25, -0.2) is 0 Å². The molecule has 0 bridgehead atoms. The van der Waals surface area contributed by atoms with Gasteiger partial charge in [0.15, 0.2) is 0 Å². The first-order chi connectivity index (χ1) is 9.62. The van der Waals surface area contributed by atoms with Crippen LogP contribution in [0.25, 0.3) is 0 Å². The Morgan fingerprint density at radius 3 is 2.55 bits per heavy atom. The second-order valence-electron chi connectivity index (χ2n) is 5.08. The summed E-state index contributed by atoms with van der Waals surface area (Å²) >= 11 is 9.09. The fraction of sp³-hybridized carbons (Fsp3) is 0.625. The predicted molar refractivity (Wildman–Crippen MR) is 108 cm³/mol. The highest BCUT2D eigenvalue weighted by molar-refractivity contribution is 14.1. The molecule has 1 nitrogen and oxygen atoms in total. The van der Waals surface area contributed by atoms with Crippen molar-refractivity contribution in [2.24, 2.45) is 5.92 Å². The summed E-state index contributed by atoms with van der Waals surface area (Å²) < 4.78 is 8.57. The van der Waals surface area contributed by atoms with E-state index >= 15 is 0 Å². The number of thiol groups is 1. The van der Waals surface area contributed by atoms with Crippen molar-refractivity contribution in [3.05, 3.63) is 24.8 Å². The molecule has 1 aromatic rings. The molecule has 0 aliphatic heterocycles. The van der Waals surface area contributed by atoms with Gasteiger partial charge in [0.25, 0.3) is 0 Å². The summed E-state index contributed by atoms with van der Waals surface area (Å²) in [4.78, 5) is 0. The van der Waals surface area contributed by atoms with Crippen molar-refractivity contribution in [1.82, 2.24) is 0 Å². The average molecular weight is 518 g/mol. The van der Waals surface area contributed by atoms with Crippen LogP contribution in [0.3, 0.4) is 0 Å². The summed E-state index contributed by atoms with van der Waals surface area (Å²) in [5.74, 6) is 2.61. The number of hydrogen-bond acceptors (Lipinski definition) is 2. The number of rotatable bonds is 9. The lowest BCUT2D eigenvalue weighted by Crippen LogP contribution is -2.12. The number of hydrogen-bond donors (Lipinski definition) is 1. The Hall–Kier alpha value is 0.830. The van der Waals surface area contributed by atoms with Gasteiger partial charge >= 0.3 is 0 Å². The van der Waals surface area contributed by atoms with E-state index in [0.29, 0.717) is 5.92 Å². The fourth-order valence-electron chi connectivity index (χ4n) is 2.10. The Kier molecular flexibility index (Phi) is 9.95. The number of halogens is 2. The van der Waals surface area contributed by atoms with Crippen LogP contribution < -0.4 is 4.74 Å². The number of ether oxygens (including phenoxy) is 1. The lowest BCUT2D eigenvalue weighted by molar-refractivity contribution is 0.232. The van der Waals surface area contributed by atoms with E-state index < -0.39 is 0 Å². The molecule has 1 unspecified atom stereocenters. The van der Waals surface area contributed by atoms with E-state index in [-0.39, 0.29) is 0 Å². The Balaban J connectivity index is 2.65. The van der Waals surface area contributed by atoms with Gasteiger partial charge in [0.05, 0.1) is 10.2 Å². The van der Waals surface area contributed by atoms with Gasteiger partial charge in [-0.3, -0.25) is 0 Å². The van der Waals surface area contributed by atoms with Gasteiger partial charge in [0.2, 0.25) is 0 Å². The molecule has 0 fully saturated rings. The van der Waals surface area contributed by atoms with Crippen LogP contribution in [-0.4, -0.2) is 12.4 Å². The molecule has 0 saturated carbocycles. The summed E-state index contributed by atoms with van der Waals surface area (Å²) in [5.41, 5.74) is 1.37. The maximum absolute atomic E-state index is 6.07. The minimum Gasteiger partial charge on any atom is -0.492 e. The monoisotopic (exact) mass is 518 g/mol. The third-order valence-electron chi connectivity index (χ3n) is 3.50. The van der Waals surface area contributed by atoms with Gasteiger partial charge < -0.3 is 4.74 Å². The van der Waals surface area contributed by atoms with Crippen LogP contribution in [0.5, 0.6) is 5.75 Å². The van der Waals surface area contributed by atoms with Crippen LogP contribution in [0.15, 0.2) is 12.1 Å². The van der Waals surface area contributed by atoms with Crippen molar-refractivity contribution in [2.45, 2.75) is 46.0 Å². The van der Waals surface area contributed by atoms with Gasteiger partial charge in [0.1, 0.15) is 5.75 Å². The molecule has 0 amide bonds. The second-order valence-corrected chi connectivity index (χ2v) is 7.85. The Labute approximate surface area is 156 Å². The smallest absolute Gasteiger partial charge is 0.133 e. The SMILES string of the molecule is CCCCC(CC)COc1cc(I)c(CCS)cc1I. The lowest BCUT2D eigenvalue weighted by Gasteiger charge is -2.17. The standard InChI is InChI=1S/C16H24I2OS/c1-3-5-6-12(4-2)11-19-16-10-14(17)13(7-8-20)9-15(16)18/h9-10,12,20H,3-8,11H2,1-2H3. The first-order valence-electron chi connectivity index (χ1n) is 7.33. The third kappa shape index (κ3) is 6.30. The highest BCUT2D eigenvalue weighted by atomic mass is 127. The molecule has 0 saturated heterocycles. The predicted octanol–water partition coefficient (Wildman–Crippen LogP) is 5.96. The second kappa shape index (κ2) is 10.5. The molecule has 4 heteroatoms. The molecular formula is C16H24I2OS. The lowest BCUT2D eigenvalue weighted by atomic mass is 10.0. The summed E-state index contributed by atoms with van der Waals surface area (Å²) in [5, 5.41) is 0. The molecule has 20 heavy (non-hydrogen) atoms. The van der Waals surface area contributed by atoms with E-state index in [2.05, 4.69) is 83.8 Å². The first kappa shape index (κ1) is 18.9. The minimum atomic E-state index is 0.681. The fourth-order valence-corrected chi connectivity index (χ4v) is 3.73. The topological polar surface area (TPSA) is 9.23 Å². The molecule has 114 valence electrons. The van der Waals surface area contributed by atoms with Crippen molar-refractivity contribution < 1.29 is 4.74 Å². The zero-order valence-electron chi connectivity index (χ0n) is 12.3. The van der Waals surface area contributed by atoms with Crippen molar-refractivity contribution in [3.8, 4) is 5.75 Å². The quantitative estimate of drug-likeness (QED) is 0.314. The number of unbranched alkanes of at least 4 members (excludes halogenated alkanes) is 1. The Bertz CT molecular complexity index is 410. The van der Waals surface area contributed by atoms with Crippen LogP contribution in [0, 0.1) is 13.1 Å². The molecule has 1 aromatic carbocycles. The van der Waals surface area contributed by atoms with E-state index in [4.69, 9.17) is 4.74 Å². The highest BCUT2D eigenvalue weighted by Crippen LogP contribution is 2.28. The molecule has 1 atom stereocenters. The van der Waals surface area contributed by atoms with Crippen molar-refractivity contribution in [2.75, 3.05) is 12.4 Å². The molecule has 0 spiro atoms. The van der Waals surface area contributed by atoms with E-state index in [1.807, 2.05) is 0 Å².